The molecule has 2 aromatic heterocycles. The molecule has 4 rings (SSSR count). The molecule has 0 bridgehead atoms. The highest BCUT2D eigenvalue weighted by Crippen LogP contribution is 2.53. The summed E-state index contributed by atoms with van der Waals surface area (Å²) in [6.07, 6.45) is 5.47. The van der Waals surface area contributed by atoms with Gasteiger partial charge in [-0.15, -0.1) is 0 Å². The van der Waals surface area contributed by atoms with Crippen molar-refractivity contribution >= 4 is 34.2 Å². The monoisotopic (exact) mass is 454 g/mol. The Bertz CT molecular complexity index is 993. The Morgan fingerprint density at radius 3 is 2.71 bits per heavy atom. The Balaban J connectivity index is 1.60. The van der Waals surface area contributed by atoms with Gasteiger partial charge in [-0.2, -0.15) is 5.26 Å². The topological polar surface area (TPSA) is 71.3 Å². The van der Waals surface area contributed by atoms with Gasteiger partial charge in [0.25, 0.3) is 0 Å². The Morgan fingerprint density at radius 1 is 1.29 bits per heavy atom. The normalized spacial score (nSPS) is 27.8. The van der Waals surface area contributed by atoms with Crippen molar-refractivity contribution in [1.82, 2.24) is 9.97 Å². The Morgan fingerprint density at radius 2 is 2.03 bits per heavy atom. The van der Waals surface area contributed by atoms with Gasteiger partial charge in [-0.05, 0) is 68.1 Å². The first kappa shape index (κ1) is 22.0. The number of hydrogen-bond acceptors (Lipinski definition) is 8. The minimum Gasteiger partial charge on any atom is -0.465 e. The zero-order valence-corrected chi connectivity index (χ0v) is 19.6. The molecule has 8 heteroatoms. The van der Waals surface area contributed by atoms with E-state index in [1.54, 1.807) is 6.20 Å². The molecule has 1 saturated heterocycles. The standard InChI is InChI=1S/C23H26N4O2S2/c1-15-13-27(14-16(2)28-15)21-6-4-5-20(26-21)23(29-22(30)31-3)10-18(11-23)17-7-8-25-19(9-17)12-24/h4-9,15-16,18H,10-11,13-14H2,1-3H3/t15-,16+,18?,23?. The number of ether oxygens (including phenoxy) is 2. The molecule has 0 aromatic carbocycles. The second kappa shape index (κ2) is 9.11. The van der Waals surface area contributed by atoms with Crippen LogP contribution in [0.15, 0.2) is 36.5 Å². The van der Waals surface area contributed by atoms with Crippen LogP contribution in [-0.2, 0) is 15.1 Å². The van der Waals surface area contributed by atoms with Crippen LogP contribution in [0.1, 0.15) is 49.6 Å². The summed E-state index contributed by atoms with van der Waals surface area (Å²) >= 11 is 6.85. The molecule has 1 saturated carbocycles. The van der Waals surface area contributed by atoms with E-state index < -0.39 is 5.60 Å². The van der Waals surface area contributed by atoms with E-state index in [0.717, 1.165) is 43.0 Å². The molecule has 162 valence electrons. The van der Waals surface area contributed by atoms with Crippen molar-refractivity contribution in [2.24, 2.45) is 0 Å². The lowest BCUT2D eigenvalue weighted by atomic mass is 9.66. The van der Waals surface area contributed by atoms with Crippen LogP contribution in [0, 0.1) is 11.3 Å². The lowest BCUT2D eigenvalue weighted by Crippen LogP contribution is -2.47. The summed E-state index contributed by atoms with van der Waals surface area (Å²) in [6.45, 7) is 5.81. The van der Waals surface area contributed by atoms with Crippen LogP contribution >= 0.6 is 24.0 Å². The van der Waals surface area contributed by atoms with Crippen molar-refractivity contribution in [3.8, 4) is 6.07 Å². The van der Waals surface area contributed by atoms with Crippen molar-refractivity contribution in [3.63, 3.8) is 0 Å². The van der Waals surface area contributed by atoms with Gasteiger partial charge in [-0.1, -0.05) is 17.8 Å². The van der Waals surface area contributed by atoms with E-state index in [9.17, 15) is 5.26 Å². The number of anilines is 1. The zero-order chi connectivity index (χ0) is 22.0. The smallest absolute Gasteiger partial charge is 0.220 e. The van der Waals surface area contributed by atoms with Gasteiger partial charge in [0, 0.05) is 32.1 Å². The van der Waals surface area contributed by atoms with Crippen LogP contribution in [0.5, 0.6) is 0 Å². The van der Waals surface area contributed by atoms with Gasteiger partial charge in [0.05, 0.1) is 17.9 Å². The van der Waals surface area contributed by atoms with Gasteiger partial charge < -0.3 is 14.4 Å². The van der Waals surface area contributed by atoms with Crippen molar-refractivity contribution in [3.05, 3.63) is 53.5 Å². The number of pyridine rings is 2. The first-order valence-corrected chi connectivity index (χ1v) is 12.1. The maximum atomic E-state index is 9.18. The average molecular weight is 455 g/mol. The van der Waals surface area contributed by atoms with Crippen molar-refractivity contribution in [1.29, 1.82) is 5.26 Å². The quantitative estimate of drug-likeness (QED) is 0.630. The second-order valence-electron chi connectivity index (χ2n) is 8.29. The van der Waals surface area contributed by atoms with Crippen LogP contribution < -0.4 is 4.90 Å². The molecular formula is C23H26N4O2S2. The molecule has 0 spiro atoms. The molecule has 2 aliphatic rings. The van der Waals surface area contributed by atoms with Crippen molar-refractivity contribution < 1.29 is 9.47 Å². The fourth-order valence-corrected chi connectivity index (χ4v) is 4.90. The molecular weight excluding hydrogens is 428 g/mol. The second-order valence-corrected chi connectivity index (χ2v) is 9.69. The molecule has 0 N–H and O–H groups in total. The van der Waals surface area contributed by atoms with E-state index >= 15 is 0 Å². The molecule has 0 radical (unpaired) electrons. The molecule has 6 nitrogen and oxygen atoms in total. The SMILES string of the molecule is CSC(=S)OC1(c2cccc(N3C[C@@H](C)O[C@@H](C)C3)n2)CC(c2ccnc(C#N)c2)C1. The third kappa shape index (κ3) is 4.69. The Kier molecular flexibility index (Phi) is 6.47. The molecule has 0 amide bonds. The van der Waals surface area contributed by atoms with E-state index in [-0.39, 0.29) is 18.1 Å². The summed E-state index contributed by atoms with van der Waals surface area (Å²) < 4.78 is 12.7. The molecule has 2 atom stereocenters. The molecule has 0 unspecified atom stereocenters. The molecule has 2 fully saturated rings. The van der Waals surface area contributed by atoms with Crippen LogP contribution in [0.4, 0.5) is 5.82 Å². The number of morpholine rings is 1. The first-order valence-electron chi connectivity index (χ1n) is 10.4. The van der Waals surface area contributed by atoms with Crippen LogP contribution in [0.25, 0.3) is 0 Å². The third-order valence-corrected chi connectivity index (χ3v) is 6.91. The van der Waals surface area contributed by atoms with Gasteiger partial charge in [0.15, 0.2) is 5.60 Å². The van der Waals surface area contributed by atoms with Crippen molar-refractivity contribution in [2.45, 2.75) is 50.4 Å². The fourth-order valence-electron chi connectivity index (χ4n) is 4.50. The summed E-state index contributed by atoms with van der Waals surface area (Å²) in [5, 5.41) is 9.18. The fraction of sp³-hybridized carbons (Fsp3) is 0.478. The summed E-state index contributed by atoms with van der Waals surface area (Å²) in [7, 11) is 0. The number of aromatic nitrogens is 2. The summed E-state index contributed by atoms with van der Waals surface area (Å²) in [5.41, 5.74) is 1.89. The van der Waals surface area contributed by atoms with Crippen LogP contribution in [0.3, 0.4) is 0 Å². The number of nitrogens with zero attached hydrogens (tertiary/aromatic N) is 4. The van der Waals surface area contributed by atoms with E-state index in [1.807, 2.05) is 36.6 Å². The molecule has 2 aromatic rings. The number of hydrogen-bond donors (Lipinski definition) is 0. The molecule has 1 aliphatic carbocycles. The number of rotatable bonds is 4. The highest BCUT2D eigenvalue weighted by molar-refractivity contribution is 8.22. The van der Waals surface area contributed by atoms with E-state index in [2.05, 4.69) is 29.8 Å². The highest BCUT2D eigenvalue weighted by Gasteiger charge is 2.50. The maximum Gasteiger partial charge on any atom is 0.220 e. The van der Waals surface area contributed by atoms with Gasteiger partial charge in [-0.3, -0.25) is 0 Å². The predicted molar refractivity (Wildman–Crippen MR) is 126 cm³/mol. The van der Waals surface area contributed by atoms with Crippen LogP contribution in [-0.4, -0.2) is 45.9 Å². The minimum absolute atomic E-state index is 0.164. The molecule has 31 heavy (non-hydrogen) atoms. The highest BCUT2D eigenvalue weighted by atomic mass is 32.2. The van der Waals surface area contributed by atoms with E-state index in [4.69, 9.17) is 26.7 Å². The Hall–Kier alpha value is -2.21. The first-order chi connectivity index (χ1) is 14.9. The number of thioether (sulfide) groups is 1. The molecule has 3 heterocycles. The summed E-state index contributed by atoms with van der Waals surface area (Å²) in [5.74, 6) is 1.21. The number of nitriles is 1. The van der Waals surface area contributed by atoms with E-state index in [0.29, 0.717) is 10.1 Å². The summed E-state index contributed by atoms with van der Waals surface area (Å²) in [4.78, 5) is 11.4. The maximum absolute atomic E-state index is 9.18. The van der Waals surface area contributed by atoms with Gasteiger partial charge >= 0.3 is 0 Å². The lowest BCUT2D eigenvalue weighted by Gasteiger charge is -2.47. The lowest BCUT2D eigenvalue weighted by molar-refractivity contribution is -0.0386. The van der Waals surface area contributed by atoms with Gasteiger partial charge in [0.1, 0.15) is 17.6 Å². The van der Waals surface area contributed by atoms with E-state index in [1.165, 1.54) is 11.8 Å². The van der Waals surface area contributed by atoms with Gasteiger partial charge in [-0.25, -0.2) is 9.97 Å². The Labute approximate surface area is 193 Å². The summed E-state index contributed by atoms with van der Waals surface area (Å²) in [6, 6.07) is 12.1. The molecule has 1 aliphatic heterocycles. The average Bonchev–Trinajstić information content (AvgIpc) is 2.75. The predicted octanol–water partition coefficient (Wildman–Crippen LogP) is 4.40. The van der Waals surface area contributed by atoms with Gasteiger partial charge in [0.2, 0.25) is 4.38 Å². The third-order valence-electron chi connectivity index (χ3n) is 5.91. The van der Waals surface area contributed by atoms with Crippen LogP contribution in [0.2, 0.25) is 0 Å². The van der Waals surface area contributed by atoms with Crippen molar-refractivity contribution in [2.75, 3.05) is 24.2 Å². The minimum atomic E-state index is -0.555. The number of thiocarbonyl (C=S) groups is 1. The zero-order valence-electron chi connectivity index (χ0n) is 17.9. The largest absolute Gasteiger partial charge is 0.465 e.